The number of halogens is 6. The number of nitrogens with one attached hydrogen (secondary N) is 1. The number of alkyl halides is 6. The zero-order valence-corrected chi connectivity index (χ0v) is 64.8. The number of nitrogens with zero attached hydrogens (tertiary/aromatic N) is 4. The summed E-state index contributed by atoms with van der Waals surface area (Å²) < 4.78 is 143. The van der Waals surface area contributed by atoms with E-state index in [0.29, 0.717) is 45.1 Å². The number of rotatable bonds is 23. The van der Waals surface area contributed by atoms with Crippen LogP contribution in [0.25, 0.3) is 0 Å². The third-order valence-corrected chi connectivity index (χ3v) is 21.2. The normalized spacial score (nSPS) is 28.8. The summed E-state index contributed by atoms with van der Waals surface area (Å²) in [4.78, 5) is 89.5. The molecule has 1 N–H and O–H groups in total. The van der Waals surface area contributed by atoms with Crippen LogP contribution >= 0.6 is 43.9 Å². The molecule has 15 atom stereocenters. The van der Waals surface area contributed by atoms with Crippen molar-refractivity contribution in [1.29, 1.82) is 1.28 Å². The van der Waals surface area contributed by atoms with Crippen LogP contribution in [0, 0.1) is 5.92 Å². The molecule has 600 valence electrons. The number of ether oxygens (including phenoxy) is 10. The molecule has 10 aliphatic heterocycles. The molecule has 35 heteroatoms. The zero-order chi connectivity index (χ0) is 72.6. The molecule has 10 saturated heterocycles. The minimum Gasteiger partial charge on any atom is -0.397 e. The van der Waals surface area contributed by atoms with Crippen molar-refractivity contribution < 1.29 is 137 Å². The second-order valence-corrected chi connectivity index (χ2v) is 27.7. The summed E-state index contributed by atoms with van der Waals surface area (Å²) >= 11 is 0. The molecule has 0 saturated carbocycles. The van der Waals surface area contributed by atoms with Crippen molar-refractivity contribution in [1.82, 2.24) is 24.9 Å². The summed E-state index contributed by atoms with van der Waals surface area (Å²) in [5.74, 6) is -7.75. The molecule has 0 radical (unpaired) electrons. The molecule has 3 unspecified atom stereocenters. The van der Waals surface area contributed by atoms with E-state index in [1.54, 1.807) is 4.90 Å². The van der Waals surface area contributed by atoms with E-state index in [-0.39, 0.29) is 160 Å². The van der Waals surface area contributed by atoms with Gasteiger partial charge in [0, 0.05) is 45.1 Å². The van der Waals surface area contributed by atoms with Gasteiger partial charge in [-0.2, -0.15) is 53.3 Å². The number of hydrogen-bond acceptors (Lipinski definition) is 19. The Morgan fingerprint density at radius 3 is 1.11 bits per heavy atom. The summed E-state index contributed by atoms with van der Waals surface area (Å²) in [5.41, 5.74) is 0. The Balaban J connectivity index is 0.00000129. The minimum absolute atomic E-state index is 0. The smallest absolute Gasteiger partial charge is 0.397 e. The van der Waals surface area contributed by atoms with E-state index in [1.807, 2.05) is 70.1 Å². The van der Waals surface area contributed by atoms with Crippen LogP contribution in [-0.2, 0) is 110 Å². The van der Waals surface area contributed by atoms with E-state index >= 15 is 0 Å². The molecule has 5 amide bonds. The van der Waals surface area contributed by atoms with Gasteiger partial charge >= 0.3 is 32.4 Å². The van der Waals surface area contributed by atoms with E-state index in [0.717, 1.165) is 83.5 Å². The Bertz CT molecular complexity index is 2710. The van der Waals surface area contributed by atoms with Crippen LogP contribution in [0.1, 0.15) is 216 Å². The summed E-state index contributed by atoms with van der Waals surface area (Å²) in [7, 11) is -4.69. The van der Waals surface area contributed by atoms with Gasteiger partial charge in [-0.1, -0.05) is 125 Å². The first kappa shape index (κ1) is 97.4. The summed E-state index contributed by atoms with van der Waals surface area (Å²) in [5, 5.41) is 2.72. The van der Waals surface area contributed by atoms with Crippen LogP contribution in [0.15, 0.2) is 12.8 Å². The van der Waals surface area contributed by atoms with E-state index in [4.69, 9.17) is 48.6 Å². The standard InChI is InChI=1S/C24H40N2O6.C16H29NO3.C11H17NO3.C9H15NO3.C4H2F6O4P2.3CH4.Pd.2H2S/c1-7-16(26-14-18-20(22(26)28)32-24(10-4,11-5)30-18)12-15(6)25-13-17-19(21(25)27)31-23(8-2,9-3)29-17;1-6-11(4)9-12(5)17-10-13-14(15(17)18)20-16(7-2,8-3)19-13;1-4-11(5-2)14-8-7-12(6-3)10(13)9(8)15-11;1-3-9(4-2)12-6-5-10-8(11)7(6)13-9;5-3(6,7)1(11)13-16(15)14-2(12)4(8,9)10;;;;;;/h15-20H,7-14H2,1-6H3;11-14H,6-10H2,1-5H3;6,8-9H,3-5,7H2,1-2H3;6-7H,3-5H2,1-2H3,(H,10,11);15H2;3*1H4;;2*1H2/t15-,16+,17-,18-,19-,20-;11?,12?,13-,14-;8-,9-;6-,7-;;;;;;;/m0000......./s1/i;;;;15D;;;;;;. The van der Waals surface area contributed by atoms with Gasteiger partial charge in [0.05, 0.1) is 27.5 Å². The van der Waals surface area contributed by atoms with Crippen LogP contribution in [-0.4, -0.2) is 216 Å². The summed E-state index contributed by atoms with van der Waals surface area (Å²) in [6.07, 6.45) is -0.845. The Kier molecular flexibility index (Phi) is 39.4. The quantitative estimate of drug-likeness (QED) is 0.0566. The predicted octanol–water partition coefficient (Wildman–Crippen LogP) is 11.9. The van der Waals surface area contributed by atoms with E-state index < -0.39 is 88.5 Å². The molecule has 0 bridgehead atoms. The predicted molar refractivity (Wildman–Crippen MR) is 379 cm³/mol. The SMILES string of the molecule is C.C.C.C=CN1C[C@@H]2OC(CC)(CC)O[C@@H]2C1=O.CCC(C)CC(C)N1C[C@@H]2OC(CC)(CC)O[C@@H]2C1=O.CCC1(CC)O[C@H]2CNC(=O)[C@H]2O1.CC[C@H](C[C@H](C)N1C[C@@H]2OC(CC)(CC)O[C@@H]2C1=O)N1C[C@@H]2OC(CC)(CC)O[C@@H]2C1=O.S.S.[2H]PP(OC(=O)C(F)(F)F)OC(=O)C(F)(F)F.[Pd]. The van der Waals surface area contributed by atoms with Crippen LogP contribution in [0.3, 0.4) is 0 Å². The number of carbonyl (C=O) groups is 7. The fraction of sp³-hybridized carbons (Fsp3) is 0.866. The minimum atomic E-state index is -5.44. The molecule has 0 aromatic heterocycles. The van der Waals surface area contributed by atoms with Gasteiger partial charge in [-0.3, -0.25) is 24.0 Å². The first-order valence-corrected chi connectivity index (χ1v) is 36.5. The zero-order valence-electron chi connectivity index (χ0n) is 60.4. The van der Waals surface area contributed by atoms with E-state index in [9.17, 15) is 59.9 Å². The maximum Gasteiger partial charge on any atom is 0.491 e. The second kappa shape index (κ2) is 41.3. The number of carbonyl (C=O) groups excluding carboxylic acids is 7. The molecule has 0 aromatic carbocycles. The van der Waals surface area contributed by atoms with Crippen LogP contribution in [0.5, 0.6) is 0 Å². The van der Waals surface area contributed by atoms with Crippen molar-refractivity contribution in [2.75, 3.05) is 32.7 Å². The average Bonchev–Trinajstić information content (AvgIpc) is 1.63. The van der Waals surface area contributed by atoms with E-state index in [1.165, 1.54) is 6.20 Å². The fourth-order valence-corrected chi connectivity index (χ4v) is 14.6. The molecule has 24 nitrogen and oxygen atoms in total. The van der Waals surface area contributed by atoms with Gasteiger partial charge in [0.1, 0.15) is 30.5 Å². The molecule has 102 heavy (non-hydrogen) atoms. The molecular formula is C67H119F6N5O19P2PdS2. The Hall–Kier alpha value is -2.57. The molecule has 10 rings (SSSR count). The van der Waals surface area contributed by atoms with E-state index in [2.05, 4.69) is 69.4 Å². The van der Waals surface area contributed by atoms with Crippen LogP contribution < -0.4 is 5.32 Å². The number of likely N-dealkylation sites (tertiary alicyclic amines) is 4. The summed E-state index contributed by atoms with van der Waals surface area (Å²) in [6, 6.07) is 0.296. The second-order valence-electron chi connectivity index (χ2n) is 25.7. The molecule has 10 aliphatic rings. The largest absolute Gasteiger partial charge is 0.491 e. The molecule has 10 fully saturated rings. The van der Waals surface area contributed by atoms with Crippen molar-refractivity contribution in [2.45, 2.75) is 336 Å². The Morgan fingerprint density at radius 1 is 0.520 bits per heavy atom. The Morgan fingerprint density at radius 2 is 0.824 bits per heavy atom. The monoisotopic (exact) mass is 1640 g/mol. The maximum absolute atomic E-state index is 13.2. The molecule has 0 spiro atoms. The molecule has 0 aromatic rings. The van der Waals surface area contributed by atoms with Gasteiger partial charge in [0.25, 0.3) is 29.5 Å². The van der Waals surface area contributed by atoms with Crippen molar-refractivity contribution in [3.8, 4) is 0 Å². The maximum atomic E-state index is 13.2. The number of fused-ring (bicyclic) bond motifs is 5. The van der Waals surface area contributed by atoms with Crippen LogP contribution in [0.4, 0.5) is 26.3 Å². The van der Waals surface area contributed by atoms with Gasteiger partial charge in [-0.25, -0.2) is 9.59 Å². The number of hydrogen-bond donors (Lipinski definition) is 1. The van der Waals surface area contributed by atoms with Gasteiger partial charge in [0.15, 0.2) is 59.5 Å². The van der Waals surface area contributed by atoms with Gasteiger partial charge in [-0.05, 0) is 118 Å². The van der Waals surface area contributed by atoms with Crippen molar-refractivity contribution >= 4 is 85.4 Å². The number of amides is 5. The van der Waals surface area contributed by atoms with Crippen molar-refractivity contribution in [3.05, 3.63) is 12.8 Å². The molecular weight excluding hydrogens is 1530 g/mol. The van der Waals surface area contributed by atoms with Crippen molar-refractivity contribution in [2.24, 2.45) is 5.92 Å². The molecule has 10 heterocycles. The first-order valence-electron chi connectivity index (χ1n) is 34.5. The van der Waals surface area contributed by atoms with Crippen molar-refractivity contribution in [3.63, 3.8) is 0 Å². The average molecular weight is 1650 g/mol. The first-order chi connectivity index (χ1) is 45.6. The summed E-state index contributed by atoms with van der Waals surface area (Å²) in [6.45, 7) is 37.5. The van der Waals surface area contributed by atoms with Crippen LogP contribution in [0.2, 0.25) is 0 Å². The Labute approximate surface area is 633 Å². The third-order valence-electron chi connectivity index (χ3n) is 20.0. The fourth-order valence-electron chi connectivity index (χ4n) is 13.6. The van der Waals surface area contributed by atoms with Gasteiger partial charge < -0.3 is 81.3 Å². The third kappa shape index (κ3) is 22.6. The molecule has 0 aliphatic carbocycles. The topological polar surface area (TPSA) is 255 Å². The van der Waals surface area contributed by atoms with Gasteiger partial charge in [0.2, 0.25) is 0 Å². The van der Waals surface area contributed by atoms with Gasteiger partial charge in [-0.15, -0.1) is 0 Å².